The van der Waals surface area contributed by atoms with Crippen molar-refractivity contribution in [3.63, 3.8) is 0 Å². The van der Waals surface area contributed by atoms with Crippen molar-refractivity contribution in [2.24, 2.45) is 0 Å². The van der Waals surface area contributed by atoms with Crippen LogP contribution in [0.25, 0.3) is 6.08 Å². The topological polar surface area (TPSA) is 25.2 Å². The van der Waals surface area contributed by atoms with Crippen molar-refractivity contribution >= 4 is 11.9 Å². The zero-order valence-electron chi connectivity index (χ0n) is 17.1. The summed E-state index contributed by atoms with van der Waals surface area (Å²) in [5.74, 6) is 0.0658. The molecule has 0 unspecified atom stereocenters. The van der Waals surface area contributed by atoms with Gasteiger partial charge in [0.15, 0.2) is 0 Å². The van der Waals surface area contributed by atoms with Crippen LogP contribution in [-0.2, 0) is 13.1 Å². The first kappa shape index (κ1) is 19.4. The van der Waals surface area contributed by atoms with Gasteiger partial charge in [-0.25, -0.2) is 0 Å². The van der Waals surface area contributed by atoms with Gasteiger partial charge in [0.25, 0.3) is 0 Å². The Morgan fingerprint density at radius 3 is 2.59 bits per heavy atom. The third kappa shape index (κ3) is 4.93. The summed E-state index contributed by atoms with van der Waals surface area (Å²) in [5.41, 5.74) is 5.19. The fourth-order valence-electron chi connectivity index (χ4n) is 3.93. The van der Waals surface area contributed by atoms with E-state index in [0.717, 1.165) is 23.4 Å². The second kappa shape index (κ2) is 9.06. The van der Waals surface area contributed by atoms with E-state index < -0.39 is 0 Å². The Bertz CT molecular complexity index is 992. The number of benzene rings is 2. The van der Waals surface area contributed by atoms with Crippen LogP contribution in [0, 0.1) is 6.92 Å². The maximum atomic E-state index is 12.8. The molecule has 0 aliphatic carbocycles. The quantitative estimate of drug-likeness (QED) is 0.514. The summed E-state index contributed by atoms with van der Waals surface area (Å²) in [6, 6.07) is 20.3. The molecule has 1 fully saturated rings. The predicted molar refractivity (Wildman–Crippen MR) is 119 cm³/mol. The lowest BCUT2D eigenvalue weighted by Crippen LogP contribution is -2.18. The van der Waals surface area contributed by atoms with Crippen molar-refractivity contribution < 1.29 is 4.79 Å². The van der Waals surface area contributed by atoms with Crippen LogP contribution >= 0.6 is 0 Å². The number of nitrogens with zero attached hydrogens (tertiary/aromatic N) is 2. The van der Waals surface area contributed by atoms with Crippen LogP contribution in [0.15, 0.2) is 72.9 Å². The highest BCUT2D eigenvalue weighted by atomic mass is 16.1. The molecule has 0 bridgehead atoms. The Kier molecular flexibility index (Phi) is 6.06. The standard InChI is InChI=1S/C26H28N2O/c1-21-11-13-24(14-12-21)26(29)25-10-6-18-28(25)17-5-9-22-7-4-8-23(19-22)20-27-15-2-3-16-27/h4-14,18-19H,2-3,15-17,20H2,1H3/b9-5+. The van der Waals surface area contributed by atoms with Gasteiger partial charge in [0, 0.05) is 24.8 Å². The number of rotatable bonds is 7. The summed E-state index contributed by atoms with van der Waals surface area (Å²) in [5, 5.41) is 0. The second-order valence-electron chi connectivity index (χ2n) is 7.87. The zero-order valence-corrected chi connectivity index (χ0v) is 17.1. The minimum atomic E-state index is 0.0658. The minimum Gasteiger partial charge on any atom is -0.341 e. The van der Waals surface area contributed by atoms with Gasteiger partial charge in [0.2, 0.25) is 5.78 Å². The summed E-state index contributed by atoms with van der Waals surface area (Å²) in [6.45, 7) is 6.17. The van der Waals surface area contributed by atoms with Gasteiger partial charge in [0.1, 0.15) is 0 Å². The lowest BCUT2D eigenvalue weighted by atomic mass is 10.1. The smallest absolute Gasteiger partial charge is 0.209 e. The van der Waals surface area contributed by atoms with E-state index in [0.29, 0.717) is 6.54 Å². The molecule has 4 rings (SSSR count). The van der Waals surface area contributed by atoms with Crippen molar-refractivity contribution in [2.75, 3.05) is 13.1 Å². The van der Waals surface area contributed by atoms with Crippen molar-refractivity contribution in [1.29, 1.82) is 0 Å². The Hall–Kier alpha value is -2.91. The molecule has 0 atom stereocenters. The summed E-state index contributed by atoms with van der Waals surface area (Å²) >= 11 is 0. The van der Waals surface area contributed by atoms with Gasteiger partial charge in [-0.2, -0.15) is 0 Å². The molecule has 0 radical (unpaired) electrons. The van der Waals surface area contributed by atoms with Gasteiger partial charge in [-0.3, -0.25) is 9.69 Å². The molecule has 2 aromatic carbocycles. The molecular formula is C26H28N2O. The van der Waals surface area contributed by atoms with E-state index in [1.165, 1.54) is 37.1 Å². The number of hydrogen-bond donors (Lipinski definition) is 0. The Balaban J connectivity index is 1.42. The van der Waals surface area contributed by atoms with Gasteiger partial charge in [-0.1, -0.05) is 66.2 Å². The number of hydrogen-bond acceptors (Lipinski definition) is 2. The van der Waals surface area contributed by atoms with Gasteiger partial charge < -0.3 is 4.57 Å². The van der Waals surface area contributed by atoms with E-state index in [1.54, 1.807) is 0 Å². The van der Waals surface area contributed by atoms with Crippen LogP contribution in [0.2, 0.25) is 0 Å². The predicted octanol–water partition coefficient (Wildman–Crippen LogP) is 5.34. The second-order valence-corrected chi connectivity index (χ2v) is 7.87. The maximum Gasteiger partial charge on any atom is 0.209 e. The van der Waals surface area contributed by atoms with Crippen LogP contribution < -0.4 is 0 Å². The molecule has 1 saturated heterocycles. The number of ketones is 1. The van der Waals surface area contributed by atoms with E-state index in [1.807, 2.05) is 54.1 Å². The van der Waals surface area contributed by atoms with Crippen molar-refractivity contribution in [2.45, 2.75) is 32.9 Å². The van der Waals surface area contributed by atoms with Gasteiger partial charge in [-0.05, 0) is 56.1 Å². The summed E-state index contributed by atoms with van der Waals surface area (Å²) in [6.07, 6.45) is 8.88. The van der Waals surface area contributed by atoms with Crippen molar-refractivity contribution in [3.8, 4) is 0 Å². The molecule has 3 nitrogen and oxygen atoms in total. The molecule has 1 aromatic heterocycles. The molecule has 0 amide bonds. The van der Waals surface area contributed by atoms with E-state index in [9.17, 15) is 4.79 Å². The third-order valence-corrected chi connectivity index (χ3v) is 5.54. The SMILES string of the molecule is Cc1ccc(C(=O)c2cccn2C/C=C/c2cccc(CN3CCCC3)c2)cc1. The lowest BCUT2D eigenvalue weighted by Gasteiger charge is -2.14. The number of allylic oxidation sites excluding steroid dienone is 1. The molecule has 0 N–H and O–H groups in total. The number of carbonyl (C=O) groups is 1. The monoisotopic (exact) mass is 384 g/mol. The Labute approximate surface area is 173 Å². The first-order chi connectivity index (χ1) is 14.2. The number of carbonyl (C=O) groups excluding carboxylic acids is 1. The number of aryl methyl sites for hydroxylation is 1. The van der Waals surface area contributed by atoms with Gasteiger partial charge >= 0.3 is 0 Å². The van der Waals surface area contributed by atoms with Crippen LogP contribution in [0.5, 0.6) is 0 Å². The van der Waals surface area contributed by atoms with E-state index in [4.69, 9.17) is 0 Å². The first-order valence-corrected chi connectivity index (χ1v) is 10.4. The Morgan fingerprint density at radius 1 is 1.00 bits per heavy atom. The van der Waals surface area contributed by atoms with Crippen LogP contribution in [0.4, 0.5) is 0 Å². The average molecular weight is 385 g/mol. The normalized spacial score (nSPS) is 14.7. The third-order valence-electron chi connectivity index (χ3n) is 5.54. The molecule has 0 saturated carbocycles. The van der Waals surface area contributed by atoms with E-state index >= 15 is 0 Å². The molecule has 148 valence electrons. The van der Waals surface area contributed by atoms with Crippen LogP contribution in [-0.4, -0.2) is 28.3 Å². The molecule has 1 aliphatic rings. The lowest BCUT2D eigenvalue weighted by molar-refractivity contribution is 0.103. The highest BCUT2D eigenvalue weighted by Gasteiger charge is 2.13. The molecular weight excluding hydrogens is 356 g/mol. The first-order valence-electron chi connectivity index (χ1n) is 10.4. The van der Waals surface area contributed by atoms with E-state index in [-0.39, 0.29) is 5.78 Å². The summed E-state index contributed by atoms with van der Waals surface area (Å²) < 4.78 is 2.01. The highest BCUT2D eigenvalue weighted by Crippen LogP contribution is 2.15. The van der Waals surface area contributed by atoms with Crippen LogP contribution in [0.3, 0.4) is 0 Å². The number of likely N-dealkylation sites (tertiary alicyclic amines) is 1. The number of aromatic nitrogens is 1. The highest BCUT2D eigenvalue weighted by molar-refractivity contribution is 6.08. The fourth-order valence-corrected chi connectivity index (χ4v) is 3.93. The Morgan fingerprint density at radius 2 is 1.79 bits per heavy atom. The molecule has 2 heterocycles. The molecule has 3 aromatic rings. The zero-order chi connectivity index (χ0) is 20.1. The fraction of sp³-hybridized carbons (Fsp3) is 0.269. The van der Waals surface area contributed by atoms with Crippen molar-refractivity contribution in [3.05, 3.63) is 101 Å². The van der Waals surface area contributed by atoms with Gasteiger partial charge in [0.05, 0.1) is 5.69 Å². The minimum absolute atomic E-state index is 0.0658. The molecule has 1 aliphatic heterocycles. The summed E-state index contributed by atoms with van der Waals surface area (Å²) in [4.78, 5) is 15.4. The molecule has 3 heteroatoms. The average Bonchev–Trinajstić information content (AvgIpc) is 3.40. The van der Waals surface area contributed by atoms with Gasteiger partial charge in [-0.15, -0.1) is 0 Å². The molecule has 29 heavy (non-hydrogen) atoms. The molecule has 0 spiro atoms. The van der Waals surface area contributed by atoms with Crippen molar-refractivity contribution in [1.82, 2.24) is 9.47 Å². The summed E-state index contributed by atoms with van der Waals surface area (Å²) in [7, 11) is 0. The maximum absolute atomic E-state index is 12.8. The largest absolute Gasteiger partial charge is 0.341 e. The van der Waals surface area contributed by atoms with Crippen LogP contribution in [0.1, 0.15) is 45.6 Å². The van der Waals surface area contributed by atoms with E-state index in [2.05, 4.69) is 41.3 Å².